The van der Waals surface area contributed by atoms with Crippen LogP contribution in [0.5, 0.6) is 0 Å². The zero-order valence-electron chi connectivity index (χ0n) is 8.67. The summed E-state index contributed by atoms with van der Waals surface area (Å²) in [5.41, 5.74) is 0.751. The molecule has 0 aliphatic carbocycles. The first-order valence-corrected chi connectivity index (χ1v) is 7.44. The second-order valence-corrected chi connectivity index (χ2v) is 6.42. The number of hydrogen-bond acceptors (Lipinski definition) is 6. The average Bonchev–Trinajstić information content (AvgIpc) is 2.60. The third-order valence-corrected chi connectivity index (χ3v) is 3.83. The van der Waals surface area contributed by atoms with Gasteiger partial charge in [-0.15, -0.1) is 5.10 Å². The molecule has 0 bridgehead atoms. The topological polar surface area (TPSA) is 80.2 Å². The lowest BCUT2D eigenvalue weighted by Crippen LogP contribution is -2.08. The Morgan fingerprint density at radius 3 is 2.73 bits per heavy atom. The quantitative estimate of drug-likeness (QED) is 0.826. The number of aryl methyl sites for hydroxylation is 1. The van der Waals surface area contributed by atoms with Crippen molar-refractivity contribution in [2.45, 2.75) is 25.9 Å². The second-order valence-electron chi connectivity index (χ2n) is 3.37. The summed E-state index contributed by atoms with van der Waals surface area (Å²) < 4.78 is 25.6. The minimum atomic E-state index is -3.03. The molecular formula is C8H14N2O3S2. The molecule has 0 amide bonds. The lowest BCUT2D eigenvalue weighted by molar-refractivity contribution is 0.177. The predicted octanol–water partition coefficient (Wildman–Crippen LogP) is 0.569. The lowest BCUT2D eigenvalue weighted by atomic mass is 10.2. The maximum atomic E-state index is 10.9. The Kier molecular flexibility index (Phi) is 4.18. The molecule has 0 radical (unpaired) electrons. The Hall–Kier alpha value is -0.530. The van der Waals surface area contributed by atoms with Crippen LogP contribution in [0.3, 0.4) is 0 Å². The second kappa shape index (κ2) is 5.00. The van der Waals surface area contributed by atoms with E-state index in [9.17, 15) is 13.5 Å². The molecule has 1 rings (SSSR count). The summed E-state index contributed by atoms with van der Waals surface area (Å²) in [5.74, 6) is -0.0186. The van der Waals surface area contributed by atoms with Gasteiger partial charge < -0.3 is 5.11 Å². The smallest absolute Gasteiger partial charge is 0.147 e. The van der Waals surface area contributed by atoms with Crippen molar-refractivity contribution in [3.63, 3.8) is 0 Å². The van der Waals surface area contributed by atoms with Crippen molar-refractivity contribution in [2.24, 2.45) is 0 Å². The van der Waals surface area contributed by atoms with Crippen LogP contribution in [0.15, 0.2) is 0 Å². The number of aliphatic hydroxyl groups excluding tert-OH is 1. The average molecular weight is 250 g/mol. The standard InChI is InChI=1S/C8H14N2O3S2/c1-3-6-8(14-10-9-6)7(11)4-5-15(2,12)13/h7,11H,3-5H2,1-2H3. The first-order chi connectivity index (χ1) is 6.94. The Balaban J connectivity index is 2.65. The lowest BCUT2D eigenvalue weighted by Gasteiger charge is -2.07. The van der Waals surface area contributed by atoms with E-state index in [0.717, 1.165) is 23.5 Å². The summed E-state index contributed by atoms with van der Waals surface area (Å²) in [7, 11) is -3.03. The zero-order chi connectivity index (χ0) is 11.5. The summed E-state index contributed by atoms with van der Waals surface area (Å²) >= 11 is 1.13. The molecule has 0 saturated carbocycles. The molecule has 5 nitrogen and oxygen atoms in total. The zero-order valence-corrected chi connectivity index (χ0v) is 10.3. The highest BCUT2D eigenvalue weighted by Gasteiger charge is 2.17. The van der Waals surface area contributed by atoms with Gasteiger partial charge in [-0.3, -0.25) is 0 Å². The van der Waals surface area contributed by atoms with Crippen LogP contribution >= 0.6 is 11.5 Å². The molecule has 0 aromatic carbocycles. The number of sulfone groups is 1. The number of hydrogen-bond donors (Lipinski definition) is 1. The van der Waals surface area contributed by atoms with E-state index in [1.54, 1.807) is 0 Å². The molecule has 15 heavy (non-hydrogen) atoms. The summed E-state index contributed by atoms with van der Waals surface area (Å²) in [6, 6.07) is 0. The van der Waals surface area contributed by atoms with Gasteiger partial charge in [-0.25, -0.2) is 8.42 Å². The monoisotopic (exact) mass is 250 g/mol. The molecule has 0 aliphatic heterocycles. The van der Waals surface area contributed by atoms with Gasteiger partial charge in [0.2, 0.25) is 0 Å². The molecule has 1 aromatic rings. The van der Waals surface area contributed by atoms with Crippen LogP contribution in [0.4, 0.5) is 0 Å². The van der Waals surface area contributed by atoms with E-state index >= 15 is 0 Å². The number of aliphatic hydroxyl groups is 1. The van der Waals surface area contributed by atoms with Crippen molar-refractivity contribution in [2.75, 3.05) is 12.0 Å². The fraction of sp³-hybridized carbons (Fsp3) is 0.750. The van der Waals surface area contributed by atoms with Crippen LogP contribution in [0.1, 0.15) is 30.0 Å². The molecule has 1 unspecified atom stereocenters. The Bertz CT molecular complexity index is 413. The summed E-state index contributed by atoms with van der Waals surface area (Å²) in [6.07, 6.45) is 1.29. The third-order valence-electron chi connectivity index (χ3n) is 1.98. The Labute approximate surface area is 93.2 Å². The Morgan fingerprint density at radius 1 is 1.53 bits per heavy atom. The first-order valence-electron chi connectivity index (χ1n) is 4.61. The van der Waals surface area contributed by atoms with Crippen molar-refractivity contribution < 1.29 is 13.5 Å². The normalized spacial score (nSPS) is 14.1. The SMILES string of the molecule is CCc1nnsc1C(O)CCS(C)(=O)=O. The van der Waals surface area contributed by atoms with Crippen molar-refractivity contribution >= 4 is 21.4 Å². The van der Waals surface area contributed by atoms with E-state index in [-0.39, 0.29) is 12.2 Å². The molecule has 1 heterocycles. The highest BCUT2D eigenvalue weighted by atomic mass is 32.2. The van der Waals surface area contributed by atoms with Crippen molar-refractivity contribution in [3.05, 3.63) is 10.6 Å². The van der Waals surface area contributed by atoms with E-state index in [1.807, 2.05) is 6.92 Å². The van der Waals surface area contributed by atoms with Gasteiger partial charge in [0.05, 0.1) is 22.4 Å². The van der Waals surface area contributed by atoms with Crippen molar-refractivity contribution in [1.29, 1.82) is 0 Å². The summed E-state index contributed by atoms with van der Waals surface area (Å²) in [6.45, 7) is 1.92. The highest BCUT2D eigenvalue weighted by molar-refractivity contribution is 7.90. The largest absolute Gasteiger partial charge is 0.387 e. The fourth-order valence-corrected chi connectivity index (χ4v) is 2.58. The minimum Gasteiger partial charge on any atom is -0.387 e. The van der Waals surface area contributed by atoms with Crippen LogP contribution in [-0.2, 0) is 16.3 Å². The molecule has 86 valence electrons. The molecular weight excluding hydrogens is 236 g/mol. The van der Waals surface area contributed by atoms with Gasteiger partial charge in [0, 0.05) is 6.26 Å². The molecule has 0 saturated heterocycles. The van der Waals surface area contributed by atoms with Crippen LogP contribution in [0, 0.1) is 0 Å². The number of rotatable bonds is 5. The van der Waals surface area contributed by atoms with Crippen molar-refractivity contribution in [1.82, 2.24) is 9.59 Å². The number of nitrogens with zero attached hydrogens (tertiary/aromatic N) is 2. The third kappa shape index (κ3) is 3.84. The van der Waals surface area contributed by atoms with Gasteiger partial charge in [-0.1, -0.05) is 11.4 Å². The van der Waals surface area contributed by atoms with E-state index < -0.39 is 15.9 Å². The van der Waals surface area contributed by atoms with Gasteiger partial charge >= 0.3 is 0 Å². The highest BCUT2D eigenvalue weighted by Crippen LogP contribution is 2.23. The van der Waals surface area contributed by atoms with E-state index in [1.165, 1.54) is 0 Å². The maximum Gasteiger partial charge on any atom is 0.147 e. The van der Waals surface area contributed by atoms with E-state index in [0.29, 0.717) is 11.3 Å². The molecule has 1 aromatic heterocycles. The molecule has 7 heteroatoms. The van der Waals surface area contributed by atoms with E-state index in [4.69, 9.17) is 0 Å². The van der Waals surface area contributed by atoms with Crippen LogP contribution in [-0.4, -0.2) is 35.1 Å². The molecule has 0 spiro atoms. The van der Waals surface area contributed by atoms with Crippen LogP contribution < -0.4 is 0 Å². The van der Waals surface area contributed by atoms with Gasteiger partial charge in [0.25, 0.3) is 0 Å². The minimum absolute atomic E-state index is 0.0186. The van der Waals surface area contributed by atoms with Gasteiger partial charge in [0.15, 0.2) is 0 Å². The summed E-state index contributed by atoms with van der Waals surface area (Å²) in [4.78, 5) is 0.682. The molecule has 0 fully saturated rings. The maximum absolute atomic E-state index is 10.9. The number of aromatic nitrogens is 2. The van der Waals surface area contributed by atoms with Gasteiger partial charge in [0.1, 0.15) is 9.84 Å². The van der Waals surface area contributed by atoms with Gasteiger partial charge in [-0.2, -0.15) is 0 Å². The van der Waals surface area contributed by atoms with Crippen LogP contribution in [0.2, 0.25) is 0 Å². The molecule has 1 N–H and O–H groups in total. The van der Waals surface area contributed by atoms with Gasteiger partial charge in [-0.05, 0) is 24.4 Å². The Morgan fingerprint density at radius 2 is 2.20 bits per heavy atom. The van der Waals surface area contributed by atoms with E-state index in [2.05, 4.69) is 9.59 Å². The van der Waals surface area contributed by atoms with Crippen molar-refractivity contribution in [3.8, 4) is 0 Å². The first kappa shape index (κ1) is 12.5. The molecule has 0 aliphatic rings. The summed E-state index contributed by atoms with van der Waals surface area (Å²) in [5, 5.41) is 13.6. The molecule has 1 atom stereocenters. The fourth-order valence-electron chi connectivity index (χ4n) is 1.17. The predicted molar refractivity (Wildman–Crippen MR) is 58.6 cm³/mol. The van der Waals surface area contributed by atoms with Crippen LogP contribution in [0.25, 0.3) is 0 Å².